The van der Waals surface area contributed by atoms with Crippen LogP contribution in [0.25, 0.3) is 0 Å². The van der Waals surface area contributed by atoms with E-state index in [2.05, 4.69) is 16.0 Å². The molecule has 0 spiro atoms. The van der Waals surface area contributed by atoms with Crippen LogP contribution in [0.1, 0.15) is 30.0 Å². The highest BCUT2D eigenvalue weighted by molar-refractivity contribution is 6.38. The van der Waals surface area contributed by atoms with E-state index in [0.717, 1.165) is 16.7 Å². The van der Waals surface area contributed by atoms with Gasteiger partial charge in [-0.05, 0) is 36.5 Å². The molecule has 0 bridgehead atoms. The summed E-state index contributed by atoms with van der Waals surface area (Å²) in [6.45, 7) is 1.71. The van der Waals surface area contributed by atoms with Gasteiger partial charge in [0, 0.05) is 13.0 Å². The van der Waals surface area contributed by atoms with Crippen molar-refractivity contribution in [3.05, 3.63) is 108 Å². The second-order valence-corrected chi connectivity index (χ2v) is 9.16. The Morgan fingerprint density at radius 2 is 1.18 bits per heavy atom. The summed E-state index contributed by atoms with van der Waals surface area (Å²) in [5.41, 5.74) is 8.34. The number of hydrogen-bond donors (Lipinski definition) is 4. The minimum Gasteiger partial charge on any atom is -0.345 e. The number of carbonyl (C=O) groups excluding carboxylic acids is 4. The first-order valence-corrected chi connectivity index (χ1v) is 12.6. The Kier molecular flexibility index (Phi) is 10.7. The fraction of sp³-hybridized carbons (Fsp3) is 0.267. The molecule has 0 aliphatic rings. The molecule has 0 aromatic heterocycles. The van der Waals surface area contributed by atoms with Gasteiger partial charge in [0.1, 0.15) is 12.1 Å². The Balaban J connectivity index is 1.75. The molecule has 198 valence electrons. The molecule has 3 rings (SSSR count). The van der Waals surface area contributed by atoms with Crippen LogP contribution >= 0.6 is 0 Å². The van der Waals surface area contributed by atoms with Crippen LogP contribution in [0.4, 0.5) is 0 Å². The van der Waals surface area contributed by atoms with Gasteiger partial charge in [-0.2, -0.15) is 0 Å². The predicted octanol–water partition coefficient (Wildman–Crippen LogP) is 2.06. The van der Waals surface area contributed by atoms with Crippen molar-refractivity contribution >= 4 is 23.5 Å². The molecule has 0 fully saturated rings. The number of hydrogen-bond acceptors (Lipinski definition) is 5. The van der Waals surface area contributed by atoms with Gasteiger partial charge in [0.25, 0.3) is 5.91 Å². The van der Waals surface area contributed by atoms with Crippen molar-refractivity contribution in [2.45, 2.75) is 50.9 Å². The maximum atomic E-state index is 13.4. The number of nitrogens with one attached hydrogen (secondary N) is 3. The molecule has 0 radical (unpaired) electrons. The van der Waals surface area contributed by atoms with E-state index in [-0.39, 0.29) is 13.0 Å². The normalized spacial score (nSPS) is 13.0. The van der Waals surface area contributed by atoms with E-state index in [0.29, 0.717) is 12.8 Å². The molecule has 5 N–H and O–H groups in total. The molecule has 0 aliphatic carbocycles. The van der Waals surface area contributed by atoms with E-state index < -0.39 is 41.6 Å². The first-order valence-electron chi connectivity index (χ1n) is 12.6. The standard InChI is InChI=1S/C30H34N4O4/c1-21(31)28(36)33-25(18-17-22-11-5-2-6-12-22)29(37)34-26(19-23-13-7-3-8-14-23)27(35)30(38)32-20-24-15-9-4-10-16-24/h2-16,21,25-26H,17-20,31H2,1H3,(H,32,38)(H,33,36)(H,34,37)/t21-,25-,26-/m0/s1. The summed E-state index contributed by atoms with van der Waals surface area (Å²) in [6.07, 6.45) is 0.935. The van der Waals surface area contributed by atoms with Gasteiger partial charge < -0.3 is 21.7 Å². The summed E-state index contributed by atoms with van der Waals surface area (Å²) in [7, 11) is 0. The summed E-state index contributed by atoms with van der Waals surface area (Å²) >= 11 is 0. The SMILES string of the molecule is C[C@H](N)C(=O)N[C@@H](CCc1ccccc1)C(=O)N[C@@H](Cc1ccccc1)C(=O)C(=O)NCc1ccccc1. The van der Waals surface area contributed by atoms with Crippen molar-refractivity contribution in [1.82, 2.24) is 16.0 Å². The Bertz CT molecular complexity index is 1200. The number of ketones is 1. The summed E-state index contributed by atoms with van der Waals surface area (Å²) in [6, 6.07) is 25.0. The molecule has 0 unspecified atom stereocenters. The first-order chi connectivity index (χ1) is 18.3. The molecule has 8 heteroatoms. The number of aryl methyl sites for hydroxylation is 1. The van der Waals surface area contributed by atoms with E-state index in [1.807, 2.05) is 91.0 Å². The smallest absolute Gasteiger partial charge is 0.289 e. The van der Waals surface area contributed by atoms with Crippen LogP contribution < -0.4 is 21.7 Å². The Hall–Kier alpha value is -4.30. The van der Waals surface area contributed by atoms with Crippen LogP contribution in [0.2, 0.25) is 0 Å². The van der Waals surface area contributed by atoms with Crippen LogP contribution in [0.15, 0.2) is 91.0 Å². The Morgan fingerprint density at radius 1 is 0.684 bits per heavy atom. The fourth-order valence-electron chi connectivity index (χ4n) is 3.88. The maximum absolute atomic E-state index is 13.4. The summed E-state index contributed by atoms with van der Waals surface area (Å²) < 4.78 is 0. The first kappa shape index (κ1) is 28.3. The largest absolute Gasteiger partial charge is 0.345 e. The van der Waals surface area contributed by atoms with Crippen LogP contribution in [0, 0.1) is 0 Å². The average Bonchev–Trinajstić information content (AvgIpc) is 2.94. The van der Waals surface area contributed by atoms with E-state index in [4.69, 9.17) is 5.73 Å². The second kappa shape index (κ2) is 14.4. The third-order valence-corrected chi connectivity index (χ3v) is 6.05. The van der Waals surface area contributed by atoms with Gasteiger partial charge in [0.15, 0.2) is 0 Å². The van der Waals surface area contributed by atoms with Crippen LogP contribution in [0.3, 0.4) is 0 Å². The molecular formula is C30H34N4O4. The zero-order valence-electron chi connectivity index (χ0n) is 21.4. The minimum absolute atomic E-state index is 0.122. The number of Topliss-reactive ketones (excluding diaryl/α,β-unsaturated/α-hetero) is 1. The number of benzene rings is 3. The summed E-state index contributed by atoms with van der Waals surface area (Å²) in [5.74, 6) is -2.60. The van der Waals surface area contributed by atoms with Gasteiger partial charge >= 0.3 is 0 Å². The lowest BCUT2D eigenvalue weighted by atomic mass is 10.00. The molecule has 0 heterocycles. The molecule has 0 saturated carbocycles. The molecule has 0 saturated heterocycles. The predicted molar refractivity (Wildman–Crippen MR) is 146 cm³/mol. The average molecular weight is 515 g/mol. The van der Waals surface area contributed by atoms with Crippen molar-refractivity contribution in [1.29, 1.82) is 0 Å². The topological polar surface area (TPSA) is 130 Å². The maximum Gasteiger partial charge on any atom is 0.289 e. The highest BCUT2D eigenvalue weighted by Crippen LogP contribution is 2.09. The zero-order valence-corrected chi connectivity index (χ0v) is 21.4. The van der Waals surface area contributed by atoms with Crippen LogP contribution in [-0.4, -0.2) is 41.6 Å². The van der Waals surface area contributed by atoms with Gasteiger partial charge in [0.05, 0.1) is 6.04 Å². The lowest BCUT2D eigenvalue weighted by molar-refractivity contribution is -0.140. The summed E-state index contributed by atoms with van der Waals surface area (Å²) in [5, 5.41) is 8.04. The van der Waals surface area contributed by atoms with Gasteiger partial charge in [-0.3, -0.25) is 19.2 Å². The van der Waals surface area contributed by atoms with Gasteiger partial charge in [0.2, 0.25) is 17.6 Å². The molecule has 3 atom stereocenters. The number of nitrogens with two attached hydrogens (primary N) is 1. The van der Waals surface area contributed by atoms with Crippen LogP contribution in [0.5, 0.6) is 0 Å². The van der Waals surface area contributed by atoms with Gasteiger partial charge in [-0.15, -0.1) is 0 Å². The zero-order chi connectivity index (χ0) is 27.3. The fourth-order valence-corrected chi connectivity index (χ4v) is 3.88. The number of carbonyl (C=O) groups is 4. The molecule has 0 aliphatic heterocycles. The Labute approximate surface area is 223 Å². The van der Waals surface area contributed by atoms with E-state index in [1.165, 1.54) is 6.92 Å². The molecule has 8 nitrogen and oxygen atoms in total. The second-order valence-electron chi connectivity index (χ2n) is 9.16. The lowest BCUT2D eigenvalue weighted by Crippen LogP contribution is -2.56. The van der Waals surface area contributed by atoms with E-state index >= 15 is 0 Å². The van der Waals surface area contributed by atoms with Gasteiger partial charge in [-0.25, -0.2) is 0 Å². The lowest BCUT2D eigenvalue weighted by Gasteiger charge is -2.23. The van der Waals surface area contributed by atoms with Crippen molar-refractivity contribution in [2.75, 3.05) is 0 Å². The van der Waals surface area contributed by atoms with Crippen molar-refractivity contribution in [3.8, 4) is 0 Å². The number of amides is 3. The molecule has 38 heavy (non-hydrogen) atoms. The third kappa shape index (κ3) is 8.97. The minimum atomic E-state index is -1.12. The Morgan fingerprint density at radius 3 is 1.74 bits per heavy atom. The third-order valence-electron chi connectivity index (χ3n) is 6.05. The highest BCUT2D eigenvalue weighted by atomic mass is 16.2. The van der Waals surface area contributed by atoms with E-state index in [1.54, 1.807) is 0 Å². The molecule has 3 aromatic rings. The quantitative estimate of drug-likeness (QED) is 0.260. The van der Waals surface area contributed by atoms with Crippen molar-refractivity contribution in [3.63, 3.8) is 0 Å². The molecule has 3 aromatic carbocycles. The van der Waals surface area contributed by atoms with Crippen molar-refractivity contribution in [2.24, 2.45) is 5.73 Å². The summed E-state index contributed by atoms with van der Waals surface area (Å²) in [4.78, 5) is 51.7. The monoisotopic (exact) mass is 514 g/mol. The van der Waals surface area contributed by atoms with Crippen molar-refractivity contribution < 1.29 is 19.2 Å². The number of rotatable bonds is 13. The van der Waals surface area contributed by atoms with Gasteiger partial charge in [-0.1, -0.05) is 91.0 Å². The molecular weight excluding hydrogens is 480 g/mol. The molecule has 3 amide bonds. The van der Waals surface area contributed by atoms with E-state index in [9.17, 15) is 19.2 Å². The highest BCUT2D eigenvalue weighted by Gasteiger charge is 2.30. The van der Waals surface area contributed by atoms with Crippen LogP contribution in [-0.2, 0) is 38.6 Å².